The van der Waals surface area contributed by atoms with Crippen LogP contribution in [0.5, 0.6) is 0 Å². The lowest BCUT2D eigenvalue weighted by Gasteiger charge is -2.21. The SMILES string of the molecule is CC(N)C1(c2c(F)cc3occc3c2F)CC1. The molecule has 90 valence electrons. The minimum absolute atomic E-state index is 0.126. The Morgan fingerprint density at radius 1 is 1.41 bits per heavy atom. The number of benzene rings is 1. The van der Waals surface area contributed by atoms with Gasteiger partial charge in [-0.05, 0) is 25.8 Å². The van der Waals surface area contributed by atoms with Crippen LogP contribution in [0.2, 0.25) is 0 Å². The Morgan fingerprint density at radius 2 is 2.12 bits per heavy atom. The van der Waals surface area contributed by atoms with Crippen LogP contribution in [-0.4, -0.2) is 6.04 Å². The lowest BCUT2D eigenvalue weighted by molar-refractivity contribution is 0.475. The summed E-state index contributed by atoms with van der Waals surface area (Å²) in [6.07, 6.45) is 2.84. The van der Waals surface area contributed by atoms with Crippen LogP contribution in [0.4, 0.5) is 8.78 Å². The van der Waals surface area contributed by atoms with Crippen molar-refractivity contribution in [2.45, 2.75) is 31.2 Å². The van der Waals surface area contributed by atoms with Crippen molar-refractivity contribution in [3.63, 3.8) is 0 Å². The number of nitrogens with two attached hydrogens (primary N) is 1. The molecule has 4 heteroatoms. The molecular weight excluding hydrogens is 224 g/mol. The molecule has 0 saturated heterocycles. The zero-order valence-electron chi connectivity index (χ0n) is 9.47. The van der Waals surface area contributed by atoms with Gasteiger partial charge in [0.25, 0.3) is 0 Å². The summed E-state index contributed by atoms with van der Waals surface area (Å²) >= 11 is 0. The quantitative estimate of drug-likeness (QED) is 0.871. The molecule has 1 aliphatic carbocycles. The molecule has 1 fully saturated rings. The van der Waals surface area contributed by atoms with E-state index in [4.69, 9.17) is 10.2 Å². The van der Waals surface area contributed by atoms with Crippen LogP contribution in [0.25, 0.3) is 11.0 Å². The highest BCUT2D eigenvalue weighted by atomic mass is 19.1. The maximum Gasteiger partial charge on any atom is 0.141 e. The van der Waals surface area contributed by atoms with E-state index in [1.807, 2.05) is 0 Å². The van der Waals surface area contributed by atoms with E-state index in [9.17, 15) is 8.78 Å². The molecule has 2 N–H and O–H groups in total. The zero-order valence-corrected chi connectivity index (χ0v) is 9.47. The standard InChI is InChI=1S/C13H13F2NO/c1-7(16)13(3-4-13)11-9(14)6-10-8(12(11)15)2-5-17-10/h2,5-7H,3-4,16H2,1H3. The fraction of sp³-hybridized carbons (Fsp3) is 0.385. The molecule has 1 aromatic heterocycles. The monoisotopic (exact) mass is 237 g/mol. The van der Waals surface area contributed by atoms with Crippen molar-refractivity contribution in [3.05, 3.63) is 35.6 Å². The van der Waals surface area contributed by atoms with Crippen molar-refractivity contribution in [3.8, 4) is 0 Å². The highest BCUT2D eigenvalue weighted by Gasteiger charge is 2.51. The van der Waals surface area contributed by atoms with Crippen LogP contribution in [0.3, 0.4) is 0 Å². The summed E-state index contributed by atoms with van der Waals surface area (Å²) in [4.78, 5) is 0. The summed E-state index contributed by atoms with van der Waals surface area (Å²) < 4.78 is 33.3. The van der Waals surface area contributed by atoms with Crippen molar-refractivity contribution in [1.29, 1.82) is 0 Å². The molecule has 0 amide bonds. The normalized spacial score (nSPS) is 19.5. The molecule has 1 saturated carbocycles. The summed E-state index contributed by atoms with van der Waals surface area (Å²) in [5.74, 6) is -1.08. The molecule has 3 rings (SSSR count). The van der Waals surface area contributed by atoms with Gasteiger partial charge in [0.15, 0.2) is 0 Å². The number of fused-ring (bicyclic) bond motifs is 1. The van der Waals surface area contributed by atoms with Gasteiger partial charge in [0.1, 0.15) is 17.2 Å². The molecule has 1 unspecified atom stereocenters. The van der Waals surface area contributed by atoms with E-state index in [-0.39, 0.29) is 17.2 Å². The number of halogens is 2. The first-order valence-electron chi connectivity index (χ1n) is 5.67. The van der Waals surface area contributed by atoms with Crippen molar-refractivity contribution in [1.82, 2.24) is 0 Å². The van der Waals surface area contributed by atoms with Crippen molar-refractivity contribution in [2.75, 3.05) is 0 Å². The third-order valence-corrected chi connectivity index (χ3v) is 3.81. The smallest absolute Gasteiger partial charge is 0.141 e. The third kappa shape index (κ3) is 1.33. The Balaban J connectivity index is 2.29. The van der Waals surface area contributed by atoms with Crippen LogP contribution < -0.4 is 5.73 Å². The first-order chi connectivity index (χ1) is 8.06. The second kappa shape index (κ2) is 3.29. The van der Waals surface area contributed by atoms with Crippen LogP contribution in [0.15, 0.2) is 22.8 Å². The van der Waals surface area contributed by atoms with Crippen LogP contribution in [0, 0.1) is 11.6 Å². The van der Waals surface area contributed by atoms with E-state index in [2.05, 4.69) is 0 Å². The molecular formula is C13H13F2NO. The van der Waals surface area contributed by atoms with Gasteiger partial charge in [0.2, 0.25) is 0 Å². The molecule has 1 atom stereocenters. The molecule has 0 spiro atoms. The van der Waals surface area contributed by atoms with E-state index in [1.165, 1.54) is 18.4 Å². The summed E-state index contributed by atoms with van der Waals surface area (Å²) in [7, 11) is 0. The average molecular weight is 237 g/mol. The Kier molecular flexibility index (Phi) is 2.08. The average Bonchev–Trinajstić information content (AvgIpc) is 2.91. The fourth-order valence-electron chi connectivity index (χ4n) is 2.56. The Hall–Kier alpha value is -1.42. The number of hydrogen-bond acceptors (Lipinski definition) is 2. The van der Waals surface area contributed by atoms with Crippen LogP contribution in [-0.2, 0) is 5.41 Å². The summed E-state index contributed by atoms with van der Waals surface area (Å²) in [6, 6.07) is 2.51. The summed E-state index contributed by atoms with van der Waals surface area (Å²) in [5, 5.41) is 0.327. The molecule has 0 aliphatic heterocycles. The number of rotatable bonds is 2. The van der Waals surface area contributed by atoms with Gasteiger partial charge in [-0.25, -0.2) is 8.78 Å². The number of furan rings is 1. The molecule has 17 heavy (non-hydrogen) atoms. The van der Waals surface area contributed by atoms with E-state index in [0.717, 1.165) is 12.8 Å². The van der Waals surface area contributed by atoms with Gasteiger partial charge in [-0.1, -0.05) is 0 Å². The lowest BCUT2D eigenvalue weighted by Crippen LogP contribution is -2.33. The van der Waals surface area contributed by atoms with Gasteiger partial charge in [-0.3, -0.25) is 0 Å². The Labute approximate surface area is 97.4 Å². The Morgan fingerprint density at radius 3 is 2.71 bits per heavy atom. The molecule has 1 aromatic carbocycles. The minimum Gasteiger partial charge on any atom is -0.464 e. The second-order valence-electron chi connectivity index (χ2n) is 4.82. The van der Waals surface area contributed by atoms with E-state index < -0.39 is 17.0 Å². The topological polar surface area (TPSA) is 39.2 Å². The molecule has 1 aliphatic rings. The maximum absolute atomic E-state index is 14.3. The molecule has 0 bridgehead atoms. The van der Waals surface area contributed by atoms with Gasteiger partial charge in [0, 0.05) is 23.1 Å². The molecule has 2 aromatic rings. The first-order valence-corrected chi connectivity index (χ1v) is 5.67. The van der Waals surface area contributed by atoms with Crippen molar-refractivity contribution in [2.24, 2.45) is 5.73 Å². The molecule has 0 radical (unpaired) electrons. The predicted octanol–water partition coefficient (Wildman–Crippen LogP) is 3.09. The Bertz CT molecular complexity index is 584. The van der Waals surface area contributed by atoms with Crippen molar-refractivity contribution >= 4 is 11.0 Å². The summed E-state index contributed by atoms with van der Waals surface area (Å²) in [6.45, 7) is 1.80. The van der Waals surface area contributed by atoms with Gasteiger partial charge >= 0.3 is 0 Å². The largest absolute Gasteiger partial charge is 0.464 e. The number of hydrogen-bond donors (Lipinski definition) is 1. The lowest BCUT2D eigenvalue weighted by atomic mass is 9.88. The highest BCUT2D eigenvalue weighted by Crippen LogP contribution is 2.52. The summed E-state index contributed by atoms with van der Waals surface area (Å²) in [5.41, 5.74) is 5.70. The second-order valence-corrected chi connectivity index (χ2v) is 4.82. The van der Waals surface area contributed by atoms with Gasteiger partial charge in [0.05, 0.1) is 11.6 Å². The minimum atomic E-state index is -0.556. The first kappa shape index (κ1) is 10.7. The van der Waals surface area contributed by atoms with Crippen LogP contribution >= 0.6 is 0 Å². The van der Waals surface area contributed by atoms with Gasteiger partial charge < -0.3 is 10.2 Å². The zero-order chi connectivity index (χ0) is 12.2. The third-order valence-electron chi connectivity index (χ3n) is 3.81. The van der Waals surface area contributed by atoms with Gasteiger partial charge in [-0.2, -0.15) is 0 Å². The van der Waals surface area contributed by atoms with E-state index in [1.54, 1.807) is 6.92 Å². The molecule has 1 heterocycles. The van der Waals surface area contributed by atoms with Crippen LogP contribution in [0.1, 0.15) is 25.3 Å². The van der Waals surface area contributed by atoms with E-state index >= 15 is 0 Å². The van der Waals surface area contributed by atoms with Gasteiger partial charge in [-0.15, -0.1) is 0 Å². The highest BCUT2D eigenvalue weighted by molar-refractivity contribution is 5.79. The maximum atomic E-state index is 14.3. The van der Waals surface area contributed by atoms with Crippen molar-refractivity contribution < 1.29 is 13.2 Å². The predicted molar refractivity (Wildman–Crippen MR) is 60.7 cm³/mol. The molecule has 2 nitrogen and oxygen atoms in total. The fourth-order valence-corrected chi connectivity index (χ4v) is 2.56. The van der Waals surface area contributed by atoms with E-state index in [0.29, 0.717) is 5.39 Å².